The second-order valence-corrected chi connectivity index (χ2v) is 7.67. The van der Waals surface area contributed by atoms with E-state index in [1.54, 1.807) is 17.2 Å². The predicted octanol–water partition coefficient (Wildman–Crippen LogP) is 2.81. The van der Waals surface area contributed by atoms with Crippen LogP contribution in [0, 0.1) is 5.95 Å². The number of hydrogen-bond donors (Lipinski definition) is 0. The van der Waals surface area contributed by atoms with Gasteiger partial charge in [0.1, 0.15) is 0 Å². The summed E-state index contributed by atoms with van der Waals surface area (Å²) in [4.78, 5) is 29.7. The molecule has 1 fully saturated rings. The number of carbonyl (C=O) groups excluding carboxylic acids is 1. The zero-order chi connectivity index (χ0) is 19.8. The van der Waals surface area contributed by atoms with Gasteiger partial charge in [-0.1, -0.05) is 6.07 Å². The maximum atomic E-state index is 13.5. The van der Waals surface area contributed by atoms with Gasteiger partial charge in [-0.25, -0.2) is 4.98 Å². The number of halogens is 1. The minimum Gasteiger partial charge on any atom is -0.363 e. The van der Waals surface area contributed by atoms with Crippen LogP contribution in [0.5, 0.6) is 0 Å². The van der Waals surface area contributed by atoms with Crippen molar-refractivity contribution in [3.63, 3.8) is 0 Å². The maximum absolute atomic E-state index is 13.5. The third kappa shape index (κ3) is 3.12. The number of likely N-dealkylation sites (tertiary alicyclic amines) is 1. The minimum atomic E-state index is -0.640. The summed E-state index contributed by atoms with van der Waals surface area (Å²) in [6.07, 6.45) is 5.77. The van der Waals surface area contributed by atoms with Crippen molar-refractivity contribution in [2.24, 2.45) is 0 Å². The number of nitrogens with zero attached hydrogens (tertiary/aromatic N) is 5. The fourth-order valence-corrected chi connectivity index (χ4v) is 4.50. The van der Waals surface area contributed by atoms with E-state index in [0.29, 0.717) is 25.2 Å². The van der Waals surface area contributed by atoms with E-state index in [2.05, 4.69) is 20.9 Å². The summed E-state index contributed by atoms with van der Waals surface area (Å²) in [6, 6.07) is 12.7. The van der Waals surface area contributed by atoms with Crippen molar-refractivity contribution in [2.45, 2.75) is 18.4 Å². The molecule has 6 nitrogen and oxygen atoms in total. The second-order valence-electron chi connectivity index (χ2n) is 7.67. The van der Waals surface area contributed by atoms with Gasteiger partial charge in [-0.2, -0.15) is 4.39 Å². The zero-order valence-corrected chi connectivity index (χ0v) is 15.8. The fourth-order valence-electron chi connectivity index (χ4n) is 4.50. The summed E-state index contributed by atoms with van der Waals surface area (Å²) in [6.45, 7) is 2.67. The molecule has 0 unspecified atom stereocenters. The van der Waals surface area contributed by atoms with E-state index in [4.69, 9.17) is 4.98 Å². The normalized spacial score (nSPS) is 20.3. The summed E-state index contributed by atoms with van der Waals surface area (Å²) in [5.74, 6) is -0.803. The first-order valence-electron chi connectivity index (χ1n) is 9.66. The lowest BCUT2D eigenvalue weighted by Gasteiger charge is -2.25. The Hall–Kier alpha value is -3.35. The van der Waals surface area contributed by atoms with Crippen molar-refractivity contribution in [3.8, 4) is 0 Å². The molecule has 0 saturated carbocycles. The number of hydrogen-bond acceptors (Lipinski definition) is 5. The number of carbonyl (C=O) groups is 1. The van der Waals surface area contributed by atoms with Gasteiger partial charge < -0.3 is 9.80 Å². The Bertz CT molecular complexity index is 1060. The Balaban J connectivity index is 1.41. The molecule has 2 aliphatic rings. The van der Waals surface area contributed by atoms with Crippen molar-refractivity contribution in [1.29, 1.82) is 0 Å². The molecule has 0 aromatic carbocycles. The van der Waals surface area contributed by atoms with Crippen LogP contribution in [-0.2, 0) is 12.0 Å². The topological polar surface area (TPSA) is 62.2 Å². The van der Waals surface area contributed by atoms with Crippen molar-refractivity contribution in [2.75, 3.05) is 24.5 Å². The molecule has 29 heavy (non-hydrogen) atoms. The summed E-state index contributed by atoms with van der Waals surface area (Å²) in [7, 11) is 0. The third-order valence-electron chi connectivity index (χ3n) is 5.82. The molecule has 1 amide bonds. The standard InChI is InChI=1S/C22H20FN5O/c23-19-12-16(6-10-25-19)21(29)27-11-7-22(14-27)15-28(13-17-4-1-2-8-24-17)18-5-3-9-26-20(18)22/h1-6,8-10,12H,7,11,13-15H2/t22-/m0/s1. The average molecular weight is 389 g/mol. The molecule has 0 radical (unpaired) electrons. The van der Waals surface area contributed by atoms with Gasteiger partial charge in [0.25, 0.3) is 5.91 Å². The number of aromatic nitrogens is 3. The van der Waals surface area contributed by atoms with Crippen molar-refractivity contribution in [1.82, 2.24) is 19.9 Å². The van der Waals surface area contributed by atoms with E-state index in [1.165, 1.54) is 12.3 Å². The van der Waals surface area contributed by atoms with Crippen LogP contribution in [0.2, 0.25) is 0 Å². The first-order valence-corrected chi connectivity index (χ1v) is 9.66. The largest absolute Gasteiger partial charge is 0.363 e. The van der Waals surface area contributed by atoms with E-state index in [1.807, 2.05) is 30.5 Å². The highest BCUT2D eigenvalue weighted by atomic mass is 19.1. The lowest BCUT2D eigenvalue weighted by Crippen LogP contribution is -2.38. The lowest BCUT2D eigenvalue weighted by atomic mass is 9.85. The third-order valence-corrected chi connectivity index (χ3v) is 5.82. The van der Waals surface area contributed by atoms with Gasteiger partial charge in [0.05, 0.1) is 29.0 Å². The fraction of sp³-hybridized carbons (Fsp3) is 0.273. The Morgan fingerprint density at radius 3 is 2.76 bits per heavy atom. The quantitative estimate of drug-likeness (QED) is 0.645. The van der Waals surface area contributed by atoms with Crippen molar-refractivity contribution >= 4 is 11.6 Å². The molecule has 2 aliphatic heterocycles. The van der Waals surface area contributed by atoms with Gasteiger partial charge in [0.2, 0.25) is 5.95 Å². The van der Waals surface area contributed by atoms with Gasteiger partial charge in [-0.05, 0) is 36.8 Å². The smallest absolute Gasteiger partial charge is 0.254 e. The van der Waals surface area contributed by atoms with E-state index >= 15 is 0 Å². The molecule has 3 aromatic rings. The number of anilines is 1. The van der Waals surface area contributed by atoms with E-state index in [-0.39, 0.29) is 11.3 Å². The first-order chi connectivity index (χ1) is 14.1. The van der Waals surface area contributed by atoms with Crippen LogP contribution in [-0.4, -0.2) is 45.4 Å². The van der Waals surface area contributed by atoms with Crippen LogP contribution in [0.4, 0.5) is 10.1 Å². The molecule has 7 heteroatoms. The van der Waals surface area contributed by atoms with E-state index < -0.39 is 5.95 Å². The Morgan fingerprint density at radius 2 is 1.93 bits per heavy atom. The Labute approximate surface area is 168 Å². The average Bonchev–Trinajstić information content (AvgIpc) is 3.31. The van der Waals surface area contributed by atoms with Crippen molar-refractivity contribution in [3.05, 3.63) is 84.0 Å². The summed E-state index contributed by atoms with van der Waals surface area (Å²) in [5, 5.41) is 0. The van der Waals surface area contributed by atoms with Crippen LogP contribution in [0.15, 0.2) is 61.1 Å². The second kappa shape index (κ2) is 6.92. The van der Waals surface area contributed by atoms with Gasteiger partial charge in [0, 0.05) is 49.9 Å². The molecular weight excluding hydrogens is 369 g/mol. The minimum absolute atomic E-state index is 0.163. The number of pyridine rings is 3. The summed E-state index contributed by atoms with van der Waals surface area (Å²) in [5.41, 5.74) is 3.25. The van der Waals surface area contributed by atoms with Crippen LogP contribution < -0.4 is 4.90 Å². The van der Waals surface area contributed by atoms with E-state index in [0.717, 1.165) is 30.0 Å². The summed E-state index contributed by atoms with van der Waals surface area (Å²) >= 11 is 0. The van der Waals surface area contributed by atoms with Gasteiger partial charge in [-0.15, -0.1) is 0 Å². The van der Waals surface area contributed by atoms with Gasteiger partial charge >= 0.3 is 0 Å². The summed E-state index contributed by atoms with van der Waals surface area (Å²) < 4.78 is 13.5. The molecule has 1 spiro atoms. The molecule has 3 aromatic heterocycles. The van der Waals surface area contributed by atoms with Crippen molar-refractivity contribution < 1.29 is 9.18 Å². The van der Waals surface area contributed by atoms with Crippen LogP contribution in [0.3, 0.4) is 0 Å². The molecule has 1 atom stereocenters. The maximum Gasteiger partial charge on any atom is 0.254 e. The van der Waals surface area contributed by atoms with Crippen LogP contribution in [0.25, 0.3) is 0 Å². The van der Waals surface area contributed by atoms with E-state index in [9.17, 15) is 9.18 Å². The molecular formula is C22H20FN5O. The number of amides is 1. The van der Waals surface area contributed by atoms with Crippen LogP contribution >= 0.6 is 0 Å². The first kappa shape index (κ1) is 17.7. The molecule has 1 saturated heterocycles. The SMILES string of the molecule is O=C(c1ccnc(F)c1)N1CC[C@]2(C1)CN(Cc1ccccn1)c1cccnc12. The highest BCUT2D eigenvalue weighted by Gasteiger charge is 2.49. The molecule has 0 N–H and O–H groups in total. The molecule has 5 rings (SSSR count). The molecule has 146 valence electrons. The highest BCUT2D eigenvalue weighted by molar-refractivity contribution is 5.94. The predicted molar refractivity (Wildman–Crippen MR) is 106 cm³/mol. The Morgan fingerprint density at radius 1 is 1.03 bits per heavy atom. The van der Waals surface area contributed by atoms with Crippen LogP contribution in [0.1, 0.15) is 28.2 Å². The molecule has 5 heterocycles. The monoisotopic (exact) mass is 389 g/mol. The highest BCUT2D eigenvalue weighted by Crippen LogP contribution is 2.45. The number of rotatable bonds is 3. The molecule has 0 aliphatic carbocycles. The van der Waals surface area contributed by atoms with Gasteiger partial charge in [0.15, 0.2) is 0 Å². The number of fused-ring (bicyclic) bond motifs is 2. The zero-order valence-electron chi connectivity index (χ0n) is 15.8. The molecule has 0 bridgehead atoms. The lowest BCUT2D eigenvalue weighted by molar-refractivity contribution is 0.0783. The van der Waals surface area contributed by atoms with Gasteiger partial charge in [-0.3, -0.25) is 14.8 Å². The Kier molecular flexibility index (Phi) is 4.23.